The molecule has 0 aliphatic carbocycles. The number of benzene rings is 1. The van der Waals surface area contributed by atoms with Crippen LogP contribution in [-0.4, -0.2) is 26.0 Å². The summed E-state index contributed by atoms with van der Waals surface area (Å²) in [6.07, 6.45) is 0.237. The number of furan rings is 1. The molecule has 0 fully saturated rings. The Bertz CT molecular complexity index is 843. The molecule has 10 heteroatoms. The second-order valence-corrected chi connectivity index (χ2v) is 6.90. The zero-order valence-corrected chi connectivity index (χ0v) is 15.5. The molecule has 1 atom stereocenters. The molecule has 136 valence electrons. The average molecular weight is 436 g/mol. The minimum absolute atomic E-state index is 0.000106. The van der Waals surface area contributed by atoms with Crippen molar-refractivity contribution < 1.29 is 31.9 Å². The van der Waals surface area contributed by atoms with E-state index in [0.717, 1.165) is 6.92 Å². The van der Waals surface area contributed by atoms with Gasteiger partial charge in [0.05, 0.1) is 10.4 Å². The van der Waals surface area contributed by atoms with Crippen molar-refractivity contribution in [3.05, 3.63) is 35.8 Å². The minimum Gasteiger partial charge on any atom is -0.502 e. The van der Waals surface area contributed by atoms with Gasteiger partial charge in [-0.2, -0.15) is 0 Å². The largest absolute Gasteiger partial charge is 0.502 e. The van der Waals surface area contributed by atoms with Crippen molar-refractivity contribution in [1.82, 2.24) is 4.72 Å². The Labute approximate surface area is 153 Å². The van der Waals surface area contributed by atoms with Gasteiger partial charge in [-0.25, -0.2) is 17.5 Å². The van der Waals surface area contributed by atoms with Gasteiger partial charge in [0.1, 0.15) is 5.82 Å². The third-order valence-electron chi connectivity index (χ3n) is 3.15. The lowest BCUT2D eigenvalue weighted by Crippen LogP contribution is -2.14. The Morgan fingerprint density at radius 1 is 1.44 bits per heavy atom. The van der Waals surface area contributed by atoms with E-state index in [4.69, 9.17) is 9.15 Å². The highest BCUT2D eigenvalue weighted by Crippen LogP contribution is 2.48. The van der Waals surface area contributed by atoms with Gasteiger partial charge in [0.15, 0.2) is 11.5 Å². The highest BCUT2D eigenvalue weighted by Gasteiger charge is 2.29. The fourth-order valence-electron chi connectivity index (χ4n) is 2.11. The maximum atomic E-state index is 14.0. The third kappa shape index (κ3) is 4.80. The first kappa shape index (κ1) is 19.4. The number of aromatic hydroxyl groups is 1. The summed E-state index contributed by atoms with van der Waals surface area (Å²) in [6.45, 7) is 1.23. The van der Waals surface area contributed by atoms with E-state index >= 15 is 0 Å². The molecule has 25 heavy (non-hydrogen) atoms. The summed E-state index contributed by atoms with van der Waals surface area (Å²) >= 11 is 3.29. The van der Waals surface area contributed by atoms with E-state index < -0.39 is 33.3 Å². The second kappa shape index (κ2) is 8.45. The smallest absolute Gasteiger partial charge is 0.308 e. The van der Waals surface area contributed by atoms with Crippen LogP contribution in [0.3, 0.4) is 0 Å². The van der Waals surface area contributed by atoms with E-state index in [1.807, 2.05) is 0 Å². The third-order valence-corrected chi connectivity index (χ3v) is 4.51. The number of ether oxygens (including phenoxy) is 1. The van der Waals surface area contributed by atoms with E-state index in [1.165, 1.54) is 18.2 Å². The molecular formula is C15H15BrFNO6S. The van der Waals surface area contributed by atoms with Crippen LogP contribution in [0.4, 0.5) is 4.39 Å². The molecule has 0 aliphatic heterocycles. The Hall–Kier alpha value is -1.91. The van der Waals surface area contributed by atoms with Crippen molar-refractivity contribution in [1.29, 1.82) is 0 Å². The van der Waals surface area contributed by atoms with Gasteiger partial charge in [-0.15, -0.1) is 0 Å². The number of hydrogen-bond acceptors (Lipinski definition) is 6. The van der Waals surface area contributed by atoms with Crippen molar-refractivity contribution in [3.8, 4) is 22.8 Å². The normalized spacial score (nSPS) is 12.3. The molecule has 0 bridgehead atoms. The maximum absolute atomic E-state index is 14.0. The molecule has 0 amide bonds. The zero-order valence-electron chi connectivity index (χ0n) is 13.0. The molecule has 0 aliphatic rings. The summed E-state index contributed by atoms with van der Waals surface area (Å²) < 4.78 is 47.8. The summed E-state index contributed by atoms with van der Waals surface area (Å²) in [7, 11) is -2.75. The number of esters is 1. The molecule has 2 aromatic rings. The summed E-state index contributed by atoms with van der Waals surface area (Å²) in [5.74, 6) is -2.20. The molecule has 0 saturated carbocycles. The Kier molecular flexibility index (Phi) is 6.57. The van der Waals surface area contributed by atoms with Crippen LogP contribution in [0.5, 0.6) is 11.5 Å². The van der Waals surface area contributed by atoms with E-state index in [2.05, 4.69) is 20.7 Å². The Morgan fingerprint density at radius 3 is 2.72 bits per heavy atom. The van der Waals surface area contributed by atoms with Gasteiger partial charge in [0.2, 0.25) is 22.4 Å². The van der Waals surface area contributed by atoms with Crippen molar-refractivity contribution in [2.45, 2.75) is 18.2 Å². The van der Waals surface area contributed by atoms with Crippen LogP contribution >= 0.6 is 15.9 Å². The summed E-state index contributed by atoms with van der Waals surface area (Å²) in [6, 6.07) is 5.65. The number of thiol groups is 1. The van der Waals surface area contributed by atoms with Crippen LogP contribution in [0.15, 0.2) is 28.7 Å². The van der Waals surface area contributed by atoms with E-state index in [9.17, 15) is 22.7 Å². The average Bonchev–Trinajstić information content (AvgIpc) is 2.84. The number of nitrogens with one attached hydrogen (secondary N) is 1. The lowest BCUT2D eigenvalue weighted by atomic mass is 10.1. The molecule has 2 N–H and O–H groups in total. The van der Waals surface area contributed by atoms with Crippen LogP contribution in [0, 0.1) is 5.82 Å². The van der Waals surface area contributed by atoms with Gasteiger partial charge in [0.25, 0.3) is 0 Å². The molecule has 1 aromatic heterocycles. The predicted octanol–water partition coefficient (Wildman–Crippen LogP) is 2.66. The number of halogens is 2. The molecule has 0 spiro atoms. The standard InChI is InChI=1S/C15H15BrFNO6S/c1-8(19)23-15-12(20)13(9-4-2-3-5-11(9)17)24-14(15)10(16)6-7-18-25(21)22/h2-5,10,20,25H,6-7H2,1H3,(H,18,21,22). The molecular weight excluding hydrogens is 421 g/mol. The first-order chi connectivity index (χ1) is 11.8. The van der Waals surface area contributed by atoms with Gasteiger partial charge >= 0.3 is 5.97 Å². The van der Waals surface area contributed by atoms with Gasteiger partial charge < -0.3 is 14.3 Å². The number of alkyl halides is 1. The number of rotatable bonds is 7. The Balaban J connectivity index is 2.42. The van der Waals surface area contributed by atoms with Crippen LogP contribution in [-0.2, 0) is 15.7 Å². The van der Waals surface area contributed by atoms with Crippen LogP contribution in [0.25, 0.3) is 11.3 Å². The van der Waals surface area contributed by atoms with E-state index in [0.29, 0.717) is 0 Å². The van der Waals surface area contributed by atoms with Crippen molar-refractivity contribution in [2.75, 3.05) is 6.54 Å². The summed E-state index contributed by atoms with van der Waals surface area (Å²) in [5.41, 5.74) is 0.000106. The van der Waals surface area contributed by atoms with Crippen molar-refractivity contribution in [2.24, 2.45) is 0 Å². The molecule has 0 saturated heterocycles. The predicted molar refractivity (Wildman–Crippen MR) is 91.7 cm³/mol. The minimum atomic E-state index is -2.75. The van der Waals surface area contributed by atoms with Gasteiger partial charge in [0, 0.05) is 13.5 Å². The maximum Gasteiger partial charge on any atom is 0.308 e. The first-order valence-electron chi connectivity index (χ1n) is 7.12. The molecule has 0 radical (unpaired) electrons. The molecule has 2 rings (SSSR count). The summed E-state index contributed by atoms with van der Waals surface area (Å²) in [4.78, 5) is 10.7. The number of carbonyl (C=O) groups excluding carboxylic acids is 1. The molecule has 7 nitrogen and oxygen atoms in total. The summed E-state index contributed by atoms with van der Waals surface area (Å²) in [5, 5.41) is 10.3. The highest BCUT2D eigenvalue weighted by atomic mass is 79.9. The zero-order chi connectivity index (χ0) is 18.6. The van der Waals surface area contributed by atoms with Crippen LogP contribution < -0.4 is 9.46 Å². The van der Waals surface area contributed by atoms with Crippen molar-refractivity contribution in [3.63, 3.8) is 0 Å². The van der Waals surface area contributed by atoms with Crippen molar-refractivity contribution >= 4 is 32.8 Å². The van der Waals surface area contributed by atoms with Gasteiger partial charge in [-0.3, -0.25) is 4.79 Å². The monoisotopic (exact) mass is 435 g/mol. The van der Waals surface area contributed by atoms with Crippen LogP contribution in [0.2, 0.25) is 0 Å². The fraction of sp³-hybridized carbons (Fsp3) is 0.267. The lowest BCUT2D eigenvalue weighted by molar-refractivity contribution is -0.132. The lowest BCUT2D eigenvalue weighted by Gasteiger charge is -2.08. The second-order valence-electron chi connectivity index (χ2n) is 4.97. The first-order valence-corrected chi connectivity index (χ1v) is 9.21. The van der Waals surface area contributed by atoms with E-state index in [1.54, 1.807) is 6.07 Å². The van der Waals surface area contributed by atoms with E-state index in [-0.39, 0.29) is 35.8 Å². The Morgan fingerprint density at radius 2 is 2.12 bits per heavy atom. The van der Waals surface area contributed by atoms with Crippen LogP contribution in [0.1, 0.15) is 23.9 Å². The number of carbonyl (C=O) groups is 1. The van der Waals surface area contributed by atoms with Gasteiger partial charge in [-0.1, -0.05) is 28.1 Å². The van der Waals surface area contributed by atoms with Gasteiger partial charge in [-0.05, 0) is 18.6 Å². The SMILES string of the molecule is CC(=O)Oc1c(C(Br)CCN[SH](=O)=O)oc(-c2ccccc2F)c1O. The quantitative estimate of drug-likeness (QED) is 0.350. The number of hydrogen-bond donors (Lipinski definition) is 3. The topological polar surface area (TPSA) is 106 Å². The highest BCUT2D eigenvalue weighted by molar-refractivity contribution is 9.09. The molecule has 1 heterocycles. The molecule has 1 aromatic carbocycles. The fourth-order valence-corrected chi connectivity index (χ4v) is 2.96. The molecule has 1 unspecified atom stereocenters.